The summed E-state index contributed by atoms with van der Waals surface area (Å²) in [6.45, 7) is 5.42. The third-order valence-electron chi connectivity index (χ3n) is 2.61. The average molecular weight is 211 g/mol. The van der Waals surface area contributed by atoms with Crippen LogP contribution in [0.15, 0.2) is 16.7 Å². The number of carbonyl (C=O) groups is 1. The molecular weight excluding hydrogens is 194 g/mol. The minimum Gasteiger partial charge on any atom is -0.459 e. The maximum atomic E-state index is 11.7. The van der Waals surface area contributed by atoms with Crippen molar-refractivity contribution in [2.75, 3.05) is 6.61 Å². The van der Waals surface area contributed by atoms with Crippen LogP contribution < -0.4 is 5.32 Å². The molecule has 1 atom stereocenters. The predicted molar refractivity (Wildman–Crippen MR) is 56.7 cm³/mol. The van der Waals surface area contributed by atoms with Crippen LogP contribution in [0.2, 0.25) is 0 Å². The minimum absolute atomic E-state index is 0.0883. The number of carbonyl (C=O) groups excluding carboxylic acids is 1. The second-order valence-electron chi connectivity index (χ2n) is 3.96. The van der Waals surface area contributed by atoms with Gasteiger partial charge in [0.15, 0.2) is 5.76 Å². The van der Waals surface area contributed by atoms with E-state index >= 15 is 0 Å². The number of aryl methyl sites for hydroxylation is 1. The van der Waals surface area contributed by atoms with Crippen molar-refractivity contribution in [1.82, 2.24) is 5.32 Å². The molecule has 1 aromatic heterocycles. The van der Waals surface area contributed by atoms with E-state index in [1.165, 1.54) is 6.26 Å². The van der Waals surface area contributed by atoms with Crippen molar-refractivity contribution < 1.29 is 14.3 Å². The van der Waals surface area contributed by atoms with Gasteiger partial charge in [-0.25, -0.2) is 0 Å². The van der Waals surface area contributed by atoms with Crippen LogP contribution >= 0.6 is 0 Å². The molecule has 84 valence electrons. The first-order valence-corrected chi connectivity index (χ1v) is 5.00. The summed E-state index contributed by atoms with van der Waals surface area (Å²) in [6, 6.07) is 1.73. The summed E-state index contributed by atoms with van der Waals surface area (Å²) < 4.78 is 5.07. The van der Waals surface area contributed by atoms with Gasteiger partial charge in [-0.1, -0.05) is 6.92 Å². The van der Waals surface area contributed by atoms with E-state index in [0.29, 0.717) is 12.2 Å². The Morgan fingerprint density at radius 1 is 1.67 bits per heavy atom. The average Bonchev–Trinajstić information content (AvgIpc) is 2.64. The van der Waals surface area contributed by atoms with Crippen LogP contribution in [0.5, 0.6) is 0 Å². The fourth-order valence-electron chi connectivity index (χ4n) is 1.18. The molecule has 0 bridgehead atoms. The number of hydrogen-bond donors (Lipinski definition) is 2. The quantitative estimate of drug-likeness (QED) is 0.793. The molecule has 0 fully saturated rings. The SMILES string of the molecule is CCC(C)(CO)NC(=O)c1occc1C. The van der Waals surface area contributed by atoms with E-state index in [-0.39, 0.29) is 12.5 Å². The lowest BCUT2D eigenvalue weighted by Crippen LogP contribution is -2.48. The van der Waals surface area contributed by atoms with Crippen LogP contribution in [0.25, 0.3) is 0 Å². The summed E-state index contributed by atoms with van der Waals surface area (Å²) in [4.78, 5) is 11.7. The molecule has 1 aromatic rings. The smallest absolute Gasteiger partial charge is 0.287 e. The summed E-state index contributed by atoms with van der Waals surface area (Å²) in [6.07, 6.45) is 2.14. The van der Waals surface area contributed by atoms with Gasteiger partial charge in [0, 0.05) is 5.56 Å². The second-order valence-corrected chi connectivity index (χ2v) is 3.96. The molecule has 1 unspecified atom stereocenters. The number of furan rings is 1. The van der Waals surface area contributed by atoms with E-state index in [0.717, 1.165) is 5.56 Å². The Bertz CT molecular complexity index is 339. The van der Waals surface area contributed by atoms with E-state index in [9.17, 15) is 4.79 Å². The maximum absolute atomic E-state index is 11.7. The standard InChI is InChI=1S/C11H17NO3/c1-4-11(3,7-13)12-10(14)9-8(2)5-6-15-9/h5-6,13H,4,7H2,1-3H3,(H,12,14). The number of rotatable bonds is 4. The zero-order valence-corrected chi connectivity index (χ0v) is 9.33. The van der Waals surface area contributed by atoms with Gasteiger partial charge in [0.2, 0.25) is 0 Å². The second kappa shape index (κ2) is 4.49. The van der Waals surface area contributed by atoms with Crippen LogP contribution in [-0.4, -0.2) is 23.2 Å². The van der Waals surface area contributed by atoms with E-state index in [1.807, 2.05) is 6.92 Å². The number of amides is 1. The topological polar surface area (TPSA) is 62.5 Å². The van der Waals surface area contributed by atoms with Gasteiger partial charge in [-0.15, -0.1) is 0 Å². The molecule has 2 N–H and O–H groups in total. The van der Waals surface area contributed by atoms with Gasteiger partial charge in [0.25, 0.3) is 5.91 Å². The molecule has 0 aliphatic rings. The Morgan fingerprint density at radius 2 is 2.33 bits per heavy atom. The highest BCUT2D eigenvalue weighted by molar-refractivity contribution is 5.93. The van der Waals surface area contributed by atoms with Crippen molar-refractivity contribution in [3.63, 3.8) is 0 Å². The monoisotopic (exact) mass is 211 g/mol. The molecule has 0 saturated carbocycles. The number of aliphatic hydroxyl groups is 1. The third-order valence-corrected chi connectivity index (χ3v) is 2.61. The van der Waals surface area contributed by atoms with Gasteiger partial charge in [-0.3, -0.25) is 4.79 Å². The zero-order valence-electron chi connectivity index (χ0n) is 9.33. The van der Waals surface area contributed by atoms with Crippen molar-refractivity contribution in [3.05, 3.63) is 23.7 Å². The molecule has 1 amide bonds. The molecule has 15 heavy (non-hydrogen) atoms. The first-order valence-electron chi connectivity index (χ1n) is 5.00. The van der Waals surface area contributed by atoms with Crippen LogP contribution in [0.1, 0.15) is 36.4 Å². The molecule has 0 spiro atoms. The van der Waals surface area contributed by atoms with Crippen LogP contribution in [0, 0.1) is 6.92 Å². The normalized spacial score (nSPS) is 14.7. The van der Waals surface area contributed by atoms with Gasteiger partial charge in [0.05, 0.1) is 18.4 Å². The summed E-state index contributed by atoms with van der Waals surface area (Å²) >= 11 is 0. The highest BCUT2D eigenvalue weighted by Crippen LogP contribution is 2.13. The largest absolute Gasteiger partial charge is 0.459 e. The van der Waals surface area contributed by atoms with E-state index in [1.54, 1.807) is 19.9 Å². The van der Waals surface area contributed by atoms with Crippen molar-refractivity contribution in [2.45, 2.75) is 32.7 Å². The Hall–Kier alpha value is -1.29. The molecule has 0 radical (unpaired) electrons. The Morgan fingerprint density at radius 3 is 2.73 bits per heavy atom. The molecule has 0 aromatic carbocycles. The van der Waals surface area contributed by atoms with Gasteiger partial charge >= 0.3 is 0 Å². The molecule has 0 aliphatic carbocycles. The first-order chi connectivity index (χ1) is 7.02. The van der Waals surface area contributed by atoms with Crippen molar-refractivity contribution in [3.8, 4) is 0 Å². The molecule has 0 saturated heterocycles. The number of aliphatic hydroxyl groups excluding tert-OH is 1. The molecular formula is C11H17NO3. The lowest BCUT2D eigenvalue weighted by molar-refractivity contribution is 0.0818. The van der Waals surface area contributed by atoms with E-state index in [4.69, 9.17) is 9.52 Å². The summed E-state index contributed by atoms with van der Waals surface area (Å²) in [7, 11) is 0. The first kappa shape index (κ1) is 11.8. The summed E-state index contributed by atoms with van der Waals surface area (Å²) in [5.74, 6) is 0.0269. The fourth-order valence-corrected chi connectivity index (χ4v) is 1.18. The molecule has 1 rings (SSSR count). The van der Waals surface area contributed by atoms with Gasteiger partial charge in [0.1, 0.15) is 0 Å². The Labute approximate surface area is 89.3 Å². The van der Waals surface area contributed by atoms with Crippen molar-refractivity contribution >= 4 is 5.91 Å². The van der Waals surface area contributed by atoms with Crippen molar-refractivity contribution in [2.24, 2.45) is 0 Å². The molecule has 4 nitrogen and oxygen atoms in total. The van der Waals surface area contributed by atoms with E-state index in [2.05, 4.69) is 5.32 Å². The van der Waals surface area contributed by atoms with Gasteiger partial charge < -0.3 is 14.8 Å². The van der Waals surface area contributed by atoms with Crippen LogP contribution in [0.3, 0.4) is 0 Å². The molecule has 0 aliphatic heterocycles. The molecule has 1 heterocycles. The summed E-state index contributed by atoms with van der Waals surface area (Å²) in [5.41, 5.74) is 0.208. The highest BCUT2D eigenvalue weighted by atomic mass is 16.3. The minimum atomic E-state index is -0.587. The highest BCUT2D eigenvalue weighted by Gasteiger charge is 2.25. The summed E-state index contributed by atoms with van der Waals surface area (Å²) in [5, 5.41) is 11.9. The number of nitrogens with one attached hydrogen (secondary N) is 1. The maximum Gasteiger partial charge on any atom is 0.287 e. The van der Waals surface area contributed by atoms with Crippen LogP contribution in [0.4, 0.5) is 0 Å². The Balaban J connectivity index is 2.76. The fraction of sp³-hybridized carbons (Fsp3) is 0.545. The predicted octanol–water partition coefficient (Wildman–Crippen LogP) is 1.48. The third kappa shape index (κ3) is 2.59. The van der Waals surface area contributed by atoms with Crippen molar-refractivity contribution in [1.29, 1.82) is 0 Å². The zero-order chi connectivity index (χ0) is 11.5. The van der Waals surface area contributed by atoms with Gasteiger partial charge in [-0.2, -0.15) is 0 Å². The lowest BCUT2D eigenvalue weighted by Gasteiger charge is -2.26. The Kier molecular flexibility index (Phi) is 3.52. The lowest BCUT2D eigenvalue weighted by atomic mass is 10.00. The number of hydrogen-bond acceptors (Lipinski definition) is 3. The molecule has 4 heteroatoms. The van der Waals surface area contributed by atoms with Crippen LogP contribution in [-0.2, 0) is 0 Å². The van der Waals surface area contributed by atoms with Gasteiger partial charge in [-0.05, 0) is 26.3 Å². The van der Waals surface area contributed by atoms with E-state index < -0.39 is 5.54 Å².